The van der Waals surface area contributed by atoms with E-state index in [9.17, 15) is 0 Å². The monoisotopic (exact) mass is 220 g/mol. The first-order valence-electron chi connectivity index (χ1n) is 6.20. The minimum atomic E-state index is 0.392. The molecule has 0 aliphatic carbocycles. The van der Waals surface area contributed by atoms with Crippen molar-refractivity contribution >= 4 is 0 Å². The maximum atomic E-state index is 5.56. The second kappa shape index (κ2) is 3.60. The van der Waals surface area contributed by atoms with Gasteiger partial charge < -0.3 is 14.6 Å². The van der Waals surface area contributed by atoms with Gasteiger partial charge in [-0.1, -0.05) is 0 Å². The molecule has 16 heavy (non-hydrogen) atoms. The molecule has 0 saturated carbocycles. The Balaban J connectivity index is 1.81. The summed E-state index contributed by atoms with van der Waals surface area (Å²) in [6, 6.07) is 3.30. The number of nitrogens with one attached hydrogen (secondary N) is 1. The van der Waals surface area contributed by atoms with Gasteiger partial charge in [-0.3, -0.25) is 0 Å². The summed E-state index contributed by atoms with van der Waals surface area (Å²) in [6.07, 6.45) is 5.67. The summed E-state index contributed by atoms with van der Waals surface area (Å²) in [5.74, 6) is 0. The molecular formula is C13H20N2O. The molecule has 1 aromatic rings. The Hall–Kier alpha value is -0.800. The topological polar surface area (TPSA) is 26.2 Å². The van der Waals surface area contributed by atoms with Crippen molar-refractivity contribution in [3.8, 4) is 0 Å². The highest BCUT2D eigenvalue weighted by atomic mass is 16.5. The Kier molecular flexibility index (Phi) is 2.33. The van der Waals surface area contributed by atoms with Gasteiger partial charge in [0.2, 0.25) is 0 Å². The summed E-state index contributed by atoms with van der Waals surface area (Å²) in [6.45, 7) is 7.41. The van der Waals surface area contributed by atoms with Crippen LogP contribution in [0.1, 0.15) is 37.9 Å². The second-order valence-corrected chi connectivity index (χ2v) is 5.46. The molecular weight excluding hydrogens is 200 g/mol. The maximum absolute atomic E-state index is 5.56. The van der Waals surface area contributed by atoms with Crippen molar-refractivity contribution in [3.63, 3.8) is 0 Å². The Labute approximate surface area is 96.8 Å². The SMILES string of the molecule is CC(C)n1ccc([C@H]2NC[C@]23CCOC3)c1. The van der Waals surface area contributed by atoms with Crippen LogP contribution in [0.3, 0.4) is 0 Å². The van der Waals surface area contributed by atoms with Crippen molar-refractivity contribution in [1.29, 1.82) is 0 Å². The predicted molar refractivity (Wildman–Crippen MR) is 63.4 cm³/mol. The van der Waals surface area contributed by atoms with Crippen LogP contribution in [0.2, 0.25) is 0 Å². The molecule has 3 heteroatoms. The van der Waals surface area contributed by atoms with E-state index in [0.717, 1.165) is 19.8 Å². The van der Waals surface area contributed by atoms with Crippen LogP contribution in [0.25, 0.3) is 0 Å². The molecule has 1 N–H and O–H groups in total. The van der Waals surface area contributed by atoms with E-state index >= 15 is 0 Å². The zero-order valence-electron chi connectivity index (χ0n) is 10.1. The van der Waals surface area contributed by atoms with Crippen molar-refractivity contribution in [2.24, 2.45) is 5.41 Å². The smallest absolute Gasteiger partial charge is 0.0553 e. The molecule has 3 heterocycles. The number of hydrogen-bond donors (Lipinski definition) is 1. The first-order chi connectivity index (χ1) is 7.71. The van der Waals surface area contributed by atoms with E-state index in [1.165, 1.54) is 12.0 Å². The summed E-state index contributed by atoms with van der Waals surface area (Å²) in [5, 5.41) is 3.55. The Morgan fingerprint density at radius 2 is 2.44 bits per heavy atom. The molecule has 2 aliphatic rings. The largest absolute Gasteiger partial charge is 0.381 e. The molecule has 3 nitrogen and oxygen atoms in total. The van der Waals surface area contributed by atoms with Gasteiger partial charge in [-0.05, 0) is 31.9 Å². The highest BCUT2D eigenvalue weighted by Gasteiger charge is 2.49. The van der Waals surface area contributed by atoms with Gasteiger partial charge in [0.05, 0.1) is 6.61 Å². The first-order valence-corrected chi connectivity index (χ1v) is 6.20. The lowest BCUT2D eigenvalue weighted by Gasteiger charge is -2.47. The molecule has 2 aliphatic heterocycles. The fraction of sp³-hybridized carbons (Fsp3) is 0.692. The lowest BCUT2D eigenvalue weighted by molar-refractivity contribution is 0.0577. The Morgan fingerprint density at radius 1 is 1.56 bits per heavy atom. The molecule has 0 radical (unpaired) electrons. The molecule has 2 fully saturated rings. The first kappa shape index (κ1) is 10.4. The van der Waals surface area contributed by atoms with Gasteiger partial charge in [0.25, 0.3) is 0 Å². The van der Waals surface area contributed by atoms with Gasteiger partial charge in [0, 0.05) is 43.0 Å². The van der Waals surface area contributed by atoms with Gasteiger partial charge >= 0.3 is 0 Å². The van der Waals surface area contributed by atoms with Crippen LogP contribution in [0, 0.1) is 5.41 Å². The molecule has 88 valence electrons. The third kappa shape index (κ3) is 1.42. The van der Waals surface area contributed by atoms with E-state index in [1.54, 1.807) is 0 Å². The summed E-state index contributed by atoms with van der Waals surface area (Å²) < 4.78 is 7.84. The van der Waals surface area contributed by atoms with Gasteiger partial charge in [-0.25, -0.2) is 0 Å². The number of ether oxygens (including phenoxy) is 1. The zero-order chi connectivity index (χ0) is 11.2. The molecule has 1 aromatic heterocycles. The van der Waals surface area contributed by atoms with Crippen LogP contribution in [0.4, 0.5) is 0 Å². The highest BCUT2D eigenvalue weighted by molar-refractivity contribution is 5.24. The van der Waals surface area contributed by atoms with Crippen LogP contribution in [0.15, 0.2) is 18.5 Å². The number of hydrogen-bond acceptors (Lipinski definition) is 2. The molecule has 2 atom stereocenters. The van der Waals surface area contributed by atoms with E-state index in [4.69, 9.17) is 4.74 Å². The van der Waals surface area contributed by atoms with E-state index in [-0.39, 0.29) is 0 Å². The fourth-order valence-corrected chi connectivity index (χ4v) is 2.88. The Bertz CT molecular complexity index is 377. The van der Waals surface area contributed by atoms with Gasteiger partial charge in [-0.2, -0.15) is 0 Å². The van der Waals surface area contributed by atoms with Gasteiger partial charge in [0.15, 0.2) is 0 Å². The Morgan fingerprint density at radius 3 is 2.94 bits per heavy atom. The summed E-state index contributed by atoms with van der Waals surface area (Å²) in [7, 11) is 0. The number of nitrogens with zero attached hydrogens (tertiary/aromatic N) is 1. The van der Waals surface area contributed by atoms with Crippen LogP contribution in [-0.2, 0) is 4.74 Å². The molecule has 2 saturated heterocycles. The van der Waals surface area contributed by atoms with Crippen LogP contribution in [0.5, 0.6) is 0 Å². The quantitative estimate of drug-likeness (QED) is 0.826. The van der Waals surface area contributed by atoms with Crippen LogP contribution < -0.4 is 5.32 Å². The lowest BCUT2D eigenvalue weighted by Crippen LogP contribution is -2.56. The summed E-state index contributed by atoms with van der Waals surface area (Å²) >= 11 is 0. The lowest BCUT2D eigenvalue weighted by atomic mass is 9.71. The summed E-state index contributed by atoms with van der Waals surface area (Å²) in [4.78, 5) is 0. The average Bonchev–Trinajstić information content (AvgIpc) is 2.85. The van der Waals surface area contributed by atoms with Crippen molar-refractivity contribution in [1.82, 2.24) is 9.88 Å². The number of aromatic nitrogens is 1. The third-order valence-electron chi connectivity index (χ3n) is 4.07. The minimum Gasteiger partial charge on any atom is -0.381 e. The number of rotatable bonds is 2. The highest BCUT2D eigenvalue weighted by Crippen LogP contribution is 2.47. The van der Waals surface area contributed by atoms with Gasteiger partial charge in [0.1, 0.15) is 0 Å². The fourth-order valence-electron chi connectivity index (χ4n) is 2.88. The molecule has 0 amide bonds. The van der Waals surface area contributed by atoms with E-state index < -0.39 is 0 Å². The van der Waals surface area contributed by atoms with Crippen molar-refractivity contribution in [3.05, 3.63) is 24.0 Å². The minimum absolute atomic E-state index is 0.392. The standard InChI is InChI=1S/C13H20N2O/c1-10(2)15-5-3-11(7-15)12-13(8-14-12)4-6-16-9-13/h3,5,7,10,12,14H,4,6,8-9H2,1-2H3/t12-,13+/m1/s1. The summed E-state index contributed by atoms with van der Waals surface area (Å²) in [5.41, 5.74) is 1.81. The van der Waals surface area contributed by atoms with Crippen LogP contribution in [-0.4, -0.2) is 24.3 Å². The van der Waals surface area contributed by atoms with E-state index in [1.807, 2.05) is 0 Å². The molecule has 3 rings (SSSR count). The molecule has 0 aromatic carbocycles. The zero-order valence-corrected chi connectivity index (χ0v) is 10.1. The van der Waals surface area contributed by atoms with Crippen molar-refractivity contribution in [2.75, 3.05) is 19.8 Å². The van der Waals surface area contributed by atoms with Crippen LogP contribution >= 0.6 is 0 Å². The van der Waals surface area contributed by atoms with Gasteiger partial charge in [-0.15, -0.1) is 0 Å². The maximum Gasteiger partial charge on any atom is 0.0553 e. The van der Waals surface area contributed by atoms with Crippen molar-refractivity contribution in [2.45, 2.75) is 32.4 Å². The molecule has 1 spiro atoms. The van der Waals surface area contributed by atoms with E-state index in [2.05, 4.69) is 42.2 Å². The third-order valence-corrected chi connectivity index (χ3v) is 4.07. The predicted octanol–water partition coefficient (Wildman–Crippen LogP) is 2.12. The second-order valence-electron chi connectivity index (χ2n) is 5.46. The normalized spacial score (nSPS) is 33.6. The molecule has 0 bridgehead atoms. The average molecular weight is 220 g/mol. The molecule has 0 unspecified atom stereocenters. The van der Waals surface area contributed by atoms with E-state index in [0.29, 0.717) is 17.5 Å². The van der Waals surface area contributed by atoms with Crippen molar-refractivity contribution < 1.29 is 4.74 Å².